The number of aliphatic carboxylic acids is 1. The van der Waals surface area contributed by atoms with E-state index in [2.05, 4.69) is 10.6 Å². The normalized spacial score (nSPS) is 15.8. The lowest BCUT2D eigenvalue weighted by Crippen LogP contribution is -2.56. The summed E-state index contributed by atoms with van der Waals surface area (Å²) < 4.78 is 0. The minimum Gasteiger partial charge on any atom is -0.480 e. The Morgan fingerprint density at radius 1 is 1.47 bits per heavy atom. The van der Waals surface area contributed by atoms with E-state index in [0.717, 1.165) is 5.75 Å². The number of thioether (sulfide) groups is 1. The lowest BCUT2D eigenvalue weighted by Gasteiger charge is -2.26. The van der Waals surface area contributed by atoms with Crippen LogP contribution in [0.1, 0.15) is 33.6 Å². The summed E-state index contributed by atoms with van der Waals surface area (Å²) in [6, 6.07) is -0.408. The number of hydrogen-bond donors (Lipinski definition) is 3. The van der Waals surface area contributed by atoms with Crippen molar-refractivity contribution in [2.75, 3.05) is 12.0 Å². The number of hydrogen-bond acceptors (Lipinski definition) is 3. The number of nitrogens with one attached hydrogen (secondary N) is 2. The quantitative estimate of drug-likeness (QED) is 0.652. The smallest absolute Gasteiger partial charge is 0.329 e. The monoisotopic (exact) mass is 262 g/mol. The first kappa shape index (κ1) is 16.1. The molecule has 0 spiro atoms. The Kier molecular flexibility index (Phi) is 7.03. The summed E-state index contributed by atoms with van der Waals surface area (Å²) in [5.74, 6) is -0.211. The predicted octanol–water partition coefficient (Wildman–Crippen LogP) is 1.68. The maximum atomic E-state index is 11.6. The van der Waals surface area contributed by atoms with E-state index in [-0.39, 0.29) is 6.04 Å². The highest BCUT2D eigenvalue weighted by atomic mass is 32.2. The van der Waals surface area contributed by atoms with Gasteiger partial charge in [-0.25, -0.2) is 9.59 Å². The Labute approximate surface area is 107 Å². The van der Waals surface area contributed by atoms with Crippen LogP contribution in [-0.2, 0) is 4.79 Å². The molecule has 0 aliphatic rings. The molecule has 2 atom stereocenters. The molecule has 0 aliphatic heterocycles. The van der Waals surface area contributed by atoms with Crippen LogP contribution in [0.5, 0.6) is 0 Å². The van der Waals surface area contributed by atoms with E-state index in [1.165, 1.54) is 6.92 Å². The van der Waals surface area contributed by atoms with Gasteiger partial charge in [0.1, 0.15) is 5.54 Å². The Bertz CT molecular complexity index is 273. The molecule has 0 aliphatic carbocycles. The van der Waals surface area contributed by atoms with Crippen molar-refractivity contribution in [2.24, 2.45) is 0 Å². The zero-order valence-corrected chi connectivity index (χ0v) is 11.7. The lowest BCUT2D eigenvalue weighted by atomic mass is 9.97. The molecule has 0 saturated carbocycles. The van der Waals surface area contributed by atoms with Crippen LogP contribution in [0.4, 0.5) is 4.79 Å². The van der Waals surface area contributed by atoms with Gasteiger partial charge in [0.05, 0.1) is 0 Å². The highest BCUT2D eigenvalue weighted by Crippen LogP contribution is 2.12. The number of rotatable bonds is 7. The van der Waals surface area contributed by atoms with Gasteiger partial charge in [0.25, 0.3) is 0 Å². The molecule has 0 rings (SSSR count). The summed E-state index contributed by atoms with van der Waals surface area (Å²) in [7, 11) is 0. The summed E-state index contributed by atoms with van der Waals surface area (Å²) in [4.78, 5) is 22.7. The van der Waals surface area contributed by atoms with E-state index in [0.29, 0.717) is 12.8 Å². The van der Waals surface area contributed by atoms with Crippen molar-refractivity contribution < 1.29 is 14.7 Å². The third-order valence-corrected chi connectivity index (χ3v) is 3.24. The number of amides is 2. The van der Waals surface area contributed by atoms with Crippen LogP contribution < -0.4 is 10.6 Å². The SMILES string of the molecule is CCCC(C)(NC(=O)NC(C)CSC)C(=O)O. The highest BCUT2D eigenvalue weighted by molar-refractivity contribution is 7.98. The van der Waals surface area contributed by atoms with Crippen LogP contribution in [0.15, 0.2) is 0 Å². The molecule has 0 saturated heterocycles. The summed E-state index contributed by atoms with van der Waals surface area (Å²) in [5, 5.41) is 14.3. The zero-order chi connectivity index (χ0) is 13.5. The zero-order valence-electron chi connectivity index (χ0n) is 10.9. The van der Waals surface area contributed by atoms with Crippen LogP contribution in [0.25, 0.3) is 0 Å². The van der Waals surface area contributed by atoms with Crippen LogP contribution >= 0.6 is 11.8 Å². The van der Waals surface area contributed by atoms with Gasteiger partial charge in [0.2, 0.25) is 0 Å². The largest absolute Gasteiger partial charge is 0.480 e. The minimum absolute atomic E-state index is 0.0182. The molecule has 0 aromatic heterocycles. The molecule has 0 aromatic rings. The first-order chi connectivity index (χ1) is 7.85. The molecule has 6 heteroatoms. The fourth-order valence-electron chi connectivity index (χ4n) is 1.53. The minimum atomic E-state index is -1.20. The van der Waals surface area contributed by atoms with Crippen LogP contribution in [0.2, 0.25) is 0 Å². The number of carboxylic acid groups (broad SMARTS) is 1. The van der Waals surface area contributed by atoms with Gasteiger partial charge in [-0.1, -0.05) is 13.3 Å². The molecule has 17 heavy (non-hydrogen) atoms. The summed E-state index contributed by atoms with van der Waals surface area (Å²) in [6.07, 6.45) is 3.06. The number of carbonyl (C=O) groups excluding carboxylic acids is 1. The fourth-order valence-corrected chi connectivity index (χ4v) is 2.11. The predicted molar refractivity (Wildman–Crippen MR) is 70.5 cm³/mol. The molecular weight excluding hydrogens is 240 g/mol. The Hall–Kier alpha value is -0.910. The van der Waals surface area contributed by atoms with Crippen LogP contribution in [-0.4, -0.2) is 40.7 Å². The van der Waals surface area contributed by atoms with Crippen molar-refractivity contribution >= 4 is 23.8 Å². The maximum absolute atomic E-state index is 11.6. The average molecular weight is 262 g/mol. The molecule has 0 radical (unpaired) electrons. The Morgan fingerprint density at radius 3 is 2.47 bits per heavy atom. The molecule has 5 nitrogen and oxygen atoms in total. The van der Waals surface area contributed by atoms with Crippen molar-refractivity contribution in [3.8, 4) is 0 Å². The summed E-state index contributed by atoms with van der Waals surface area (Å²) in [5.41, 5.74) is -1.20. The van der Waals surface area contributed by atoms with E-state index >= 15 is 0 Å². The number of carbonyl (C=O) groups is 2. The van der Waals surface area contributed by atoms with E-state index in [4.69, 9.17) is 5.11 Å². The van der Waals surface area contributed by atoms with Crippen LogP contribution in [0, 0.1) is 0 Å². The third kappa shape index (κ3) is 5.81. The van der Waals surface area contributed by atoms with Gasteiger partial charge in [-0.15, -0.1) is 0 Å². The molecule has 0 heterocycles. The van der Waals surface area contributed by atoms with Gasteiger partial charge in [0, 0.05) is 11.8 Å². The van der Waals surface area contributed by atoms with E-state index in [1.807, 2.05) is 20.1 Å². The Morgan fingerprint density at radius 2 is 2.06 bits per heavy atom. The molecule has 0 bridgehead atoms. The first-order valence-corrected chi connectivity index (χ1v) is 7.06. The topological polar surface area (TPSA) is 78.4 Å². The summed E-state index contributed by atoms with van der Waals surface area (Å²) in [6.45, 7) is 5.29. The number of carboxylic acids is 1. The van der Waals surface area contributed by atoms with Crippen molar-refractivity contribution in [1.82, 2.24) is 10.6 Å². The molecular formula is C11H22N2O3S. The van der Waals surface area contributed by atoms with Gasteiger partial charge < -0.3 is 15.7 Å². The average Bonchev–Trinajstić information content (AvgIpc) is 2.17. The molecule has 3 N–H and O–H groups in total. The highest BCUT2D eigenvalue weighted by Gasteiger charge is 2.33. The first-order valence-electron chi connectivity index (χ1n) is 5.66. The van der Waals surface area contributed by atoms with Gasteiger partial charge in [-0.3, -0.25) is 0 Å². The second kappa shape index (κ2) is 7.42. The van der Waals surface area contributed by atoms with Crippen molar-refractivity contribution in [1.29, 1.82) is 0 Å². The van der Waals surface area contributed by atoms with E-state index in [9.17, 15) is 9.59 Å². The van der Waals surface area contributed by atoms with Crippen molar-refractivity contribution in [2.45, 2.75) is 45.2 Å². The van der Waals surface area contributed by atoms with Gasteiger partial charge in [-0.2, -0.15) is 11.8 Å². The van der Waals surface area contributed by atoms with Gasteiger partial charge >= 0.3 is 12.0 Å². The molecule has 2 amide bonds. The third-order valence-electron chi connectivity index (χ3n) is 2.41. The van der Waals surface area contributed by atoms with Crippen molar-refractivity contribution in [3.63, 3.8) is 0 Å². The second-order valence-corrected chi connectivity index (χ2v) is 5.25. The molecule has 0 fully saturated rings. The van der Waals surface area contributed by atoms with Gasteiger partial charge in [-0.05, 0) is 26.5 Å². The van der Waals surface area contributed by atoms with Gasteiger partial charge in [0.15, 0.2) is 0 Å². The molecule has 100 valence electrons. The fraction of sp³-hybridized carbons (Fsp3) is 0.818. The standard InChI is InChI=1S/C11H22N2O3S/c1-5-6-11(3,9(14)15)13-10(16)12-8(2)7-17-4/h8H,5-7H2,1-4H3,(H,14,15)(H2,12,13,16). The second-order valence-electron chi connectivity index (χ2n) is 4.34. The van der Waals surface area contributed by atoms with Crippen molar-refractivity contribution in [3.05, 3.63) is 0 Å². The summed E-state index contributed by atoms with van der Waals surface area (Å²) >= 11 is 1.63. The van der Waals surface area contributed by atoms with E-state index < -0.39 is 17.5 Å². The lowest BCUT2D eigenvalue weighted by molar-refractivity contribution is -0.144. The maximum Gasteiger partial charge on any atom is 0.329 e. The van der Waals surface area contributed by atoms with E-state index in [1.54, 1.807) is 11.8 Å². The molecule has 0 aromatic carbocycles. The molecule has 2 unspecified atom stereocenters. The Balaban J connectivity index is 4.36. The van der Waals surface area contributed by atoms with Crippen LogP contribution in [0.3, 0.4) is 0 Å². The number of urea groups is 1.